The molecule has 1 aliphatic rings. The molecule has 2 N–H and O–H groups in total. The minimum Gasteiger partial charge on any atom is -0.369 e. The molecule has 1 unspecified atom stereocenters. The Morgan fingerprint density at radius 1 is 1.43 bits per heavy atom. The maximum Gasteiger partial charge on any atom is 0.180 e. The van der Waals surface area contributed by atoms with E-state index in [4.69, 9.17) is 4.98 Å². The summed E-state index contributed by atoms with van der Waals surface area (Å²) in [6, 6.07) is 0.465. The summed E-state index contributed by atoms with van der Waals surface area (Å²) in [6.45, 7) is 7.75. The SMILES string of the molecule is CCCNc1cn2ccnc2c(NC2CCCC2(C)C)n1. The molecule has 21 heavy (non-hydrogen) atoms. The van der Waals surface area contributed by atoms with Crippen LogP contribution in [0.15, 0.2) is 18.6 Å². The van der Waals surface area contributed by atoms with Crippen LogP contribution in [0.2, 0.25) is 0 Å². The molecule has 5 nitrogen and oxygen atoms in total. The van der Waals surface area contributed by atoms with Gasteiger partial charge in [-0.15, -0.1) is 0 Å². The first-order valence-corrected chi connectivity index (χ1v) is 7.94. The predicted molar refractivity (Wildman–Crippen MR) is 86.8 cm³/mol. The Hall–Kier alpha value is -1.78. The van der Waals surface area contributed by atoms with Crippen molar-refractivity contribution in [2.75, 3.05) is 17.2 Å². The van der Waals surface area contributed by atoms with Gasteiger partial charge >= 0.3 is 0 Å². The topological polar surface area (TPSA) is 54.2 Å². The van der Waals surface area contributed by atoms with Crippen LogP contribution in [0.4, 0.5) is 11.6 Å². The molecule has 0 aliphatic heterocycles. The summed E-state index contributed by atoms with van der Waals surface area (Å²) in [5, 5.41) is 7.01. The summed E-state index contributed by atoms with van der Waals surface area (Å²) in [5.74, 6) is 1.79. The summed E-state index contributed by atoms with van der Waals surface area (Å²) in [4.78, 5) is 9.17. The van der Waals surface area contributed by atoms with Crippen LogP contribution in [-0.4, -0.2) is 27.0 Å². The molecular weight excluding hydrogens is 262 g/mol. The van der Waals surface area contributed by atoms with E-state index in [9.17, 15) is 0 Å². The van der Waals surface area contributed by atoms with Gasteiger partial charge in [-0.05, 0) is 24.7 Å². The van der Waals surface area contributed by atoms with Gasteiger partial charge in [-0.1, -0.05) is 27.2 Å². The average Bonchev–Trinajstić information content (AvgIpc) is 3.03. The van der Waals surface area contributed by atoms with Crippen molar-refractivity contribution in [1.82, 2.24) is 14.4 Å². The van der Waals surface area contributed by atoms with E-state index < -0.39 is 0 Å². The predicted octanol–water partition coefficient (Wildman–Crippen LogP) is 3.54. The summed E-state index contributed by atoms with van der Waals surface area (Å²) in [7, 11) is 0. The number of hydrogen-bond donors (Lipinski definition) is 2. The molecule has 2 heterocycles. The minimum absolute atomic E-state index is 0.318. The zero-order chi connectivity index (χ0) is 14.9. The van der Waals surface area contributed by atoms with Gasteiger partial charge in [-0.25, -0.2) is 9.97 Å². The van der Waals surface area contributed by atoms with E-state index >= 15 is 0 Å². The third kappa shape index (κ3) is 2.82. The Balaban J connectivity index is 1.90. The smallest absolute Gasteiger partial charge is 0.180 e. The van der Waals surface area contributed by atoms with Crippen LogP contribution in [0.25, 0.3) is 5.65 Å². The highest BCUT2D eigenvalue weighted by molar-refractivity contribution is 5.65. The van der Waals surface area contributed by atoms with E-state index in [0.717, 1.165) is 30.2 Å². The van der Waals surface area contributed by atoms with Gasteiger partial charge in [0.25, 0.3) is 0 Å². The first kappa shape index (κ1) is 14.2. The molecule has 0 spiro atoms. The highest BCUT2D eigenvalue weighted by atomic mass is 15.2. The van der Waals surface area contributed by atoms with Gasteiger partial charge in [0, 0.05) is 25.0 Å². The number of hydrogen-bond acceptors (Lipinski definition) is 4. The zero-order valence-corrected chi connectivity index (χ0v) is 13.2. The lowest BCUT2D eigenvalue weighted by atomic mass is 9.87. The third-order valence-electron chi connectivity index (χ3n) is 4.50. The minimum atomic E-state index is 0.318. The lowest BCUT2D eigenvalue weighted by Crippen LogP contribution is -2.31. The van der Waals surface area contributed by atoms with Crippen LogP contribution < -0.4 is 10.6 Å². The van der Waals surface area contributed by atoms with Crippen molar-refractivity contribution in [3.05, 3.63) is 18.6 Å². The molecule has 2 aromatic rings. The largest absolute Gasteiger partial charge is 0.369 e. The van der Waals surface area contributed by atoms with Crippen molar-refractivity contribution in [2.45, 2.75) is 52.5 Å². The third-order valence-corrected chi connectivity index (χ3v) is 4.50. The first-order valence-electron chi connectivity index (χ1n) is 7.94. The number of anilines is 2. The number of nitrogens with one attached hydrogen (secondary N) is 2. The van der Waals surface area contributed by atoms with Gasteiger partial charge < -0.3 is 15.0 Å². The van der Waals surface area contributed by atoms with E-state index in [1.54, 1.807) is 0 Å². The van der Waals surface area contributed by atoms with Gasteiger partial charge in [0.15, 0.2) is 11.5 Å². The summed E-state index contributed by atoms with van der Waals surface area (Å²) in [5.41, 5.74) is 1.22. The molecular formula is C16H25N5. The lowest BCUT2D eigenvalue weighted by molar-refractivity contribution is 0.349. The van der Waals surface area contributed by atoms with E-state index in [1.807, 2.05) is 23.0 Å². The van der Waals surface area contributed by atoms with E-state index in [0.29, 0.717) is 11.5 Å². The Bertz CT molecular complexity index is 616. The number of nitrogens with zero attached hydrogens (tertiary/aromatic N) is 3. The molecule has 114 valence electrons. The van der Waals surface area contributed by atoms with E-state index in [2.05, 4.69) is 36.4 Å². The Kier molecular flexibility index (Phi) is 3.74. The quantitative estimate of drug-likeness (QED) is 0.883. The van der Waals surface area contributed by atoms with Crippen LogP contribution in [0.3, 0.4) is 0 Å². The van der Waals surface area contributed by atoms with Crippen molar-refractivity contribution in [1.29, 1.82) is 0 Å². The molecule has 1 fully saturated rings. The van der Waals surface area contributed by atoms with Crippen LogP contribution in [0.1, 0.15) is 46.5 Å². The second-order valence-corrected chi connectivity index (χ2v) is 6.64. The van der Waals surface area contributed by atoms with Crippen molar-refractivity contribution in [2.24, 2.45) is 5.41 Å². The van der Waals surface area contributed by atoms with Crippen molar-refractivity contribution in [3.8, 4) is 0 Å². The molecule has 1 atom stereocenters. The Labute approximate surface area is 126 Å². The van der Waals surface area contributed by atoms with Crippen LogP contribution in [0, 0.1) is 5.41 Å². The second kappa shape index (κ2) is 5.54. The molecule has 0 bridgehead atoms. The first-order chi connectivity index (χ1) is 10.1. The average molecular weight is 287 g/mol. The Morgan fingerprint density at radius 2 is 2.29 bits per heavy atom. The van der Waals surface area contributed by atoms with Crippen molar-refractivity contribution >= 4 is 17.3 Å². The van der Waals surface area contributed by atoms with Crippen molar-refractivity contribution in [3.63, 3.8) is 0 Å². The van der Waals surface area contributed by atoms with Crippen LogP contribution in [-0.2, 0) is 0 Å². The fourth-order valence-electron chi connectivity index (χ4n) is 3.13. The molecule has 0 radical (unpaired) electrons. The fraction of sp³-hybridized carbons (Fsp3) is 0.625. The standard InChI is InChI=1S/C16H25N5/c1-4-8-17-13-11-21-10-9-18-15(21)14(20-13)19-12-6-5-7-16(12,2)3/h9-12,17H,4-8H2,1-3H3,(H,19,20). The van der Waals surface area contributed by atoms with Gasteiger partial charge in [-0.2, -0.15) is 0 Å². The highest BCUT2D eigenvalue weighted by Gasteiger charge is 2.35. The second-order valence-electron chi connectivity index (χ2n) is 6.64. The summed E-state index contributed by atoms with van der Waals surface area (Å²) < 4.78 is 2.04. The van der Waals surface area contributed by atoms with Gasteiger partial charge in [0.1, 0.15) is 5.82 Å². The van der Waals surface area contributed by atoms with Crippen LogP contribution >= 0.6 is 0 Å². The number of imidazole rings is 1. The van der Waals surface area contributed by atoms with E-state index in [1.165, 1.54) is 19.3 Å². The summed E-state index contributed by atoms with van der Waals surface area (Å²) in [6.07, 6.45) is 10.6. The van der Waals surface area contributed by atoms with Gasteiger partial charge in [0.2, 0.25) is 0 Å². The maximum absolute atomic E-state index is 4.73. The normalized spacial score (nSPS) is 20.8. The molecule has 2 aromatic heterocycles. The molecule has 0 amide bonds. The van der Waals surface area contributed by atoms with Crippen LogP contribution in [0.5, 0.6) is 0 Å². The summed E-state index contributed by atoms with van der Waals surface area (Å²) >= 11 is 0. The fourth-order valence-corrected chi connectivity index (χ4v) is 3.13. The molecule has 1 aliphatic carbocycles. The maximum atomic E-state index is 4.73. The molecule has 1 saturated carbocycles. The van der Waals surface area contributed by atoms with Gasteiger partial charge in [-0.3, -0.25) is 0 Å². The molecule has 0 aromatic carbocycles. The molecule has 0 saturated heterocycles. The molecule has 3 rings (SSSR count). The zero-order valence-electron chi connectivity index (χ0n) is 13.2. The van der Waals surface area contributed by atoms with E-state index in [-0.39, 0.29) is 0 Å². The Morgan fingerprint density at radius 3 is 3.00 bits per heavy atom. The van der Waals surface area contributed by atoms with Gasteiger partial charge in [0.05, 0.1) is 6.20 Å². The highest BCUT2D eigenvalue weighted by Crippen LogP contribution is 2.39. The van der Waals surface area contributed by atoms with Crippen molar-refractivity contribution < 1.29 is 0 Å². The lowest BCUT2D eigenvalue weighted by Gasteiger charge is -2.28. The number of rotatable bonds is 5. The monoisotopic (exact) mass is 287 g/mol. The number of fused-ring (bicyclic) bond motifs is 1. The molecule has 5 heteroatoms. The number of aromatic nitrogens is 3.